The van der Waals surface area contributed by atoms with Crippen LogP contribution in [0.4, 0.5) is 5.69 Å². The van der Waals surface area contributed by atoms with E-state index in [0.29, 0.717) is 30.1 Å². The second-order valence-corrected chi connectivity index (χ2v) is 10.8. The van der Waals surface area contributed by atoms with Crippen molar-refractivity contribution in [1.29, 1.82) is 0 Å². The third-order valence-electron chi connectivity index (χ3n) is 7.88. The predicted octanol–water partition coefficient (Wildman–Crippen LogP) is 3.94. The molecule has 2 aromatic carbocycles. The number of para-hydroxylation sites is 1. The van der Waals surface area contributed by atoms with Crippen LogP contribution in [-0.4, -0.2) is 86.3 Å². The maximum atomic E-state index is 13.5. The number of esters is 2. The molecule has 11 nitrogen and oxygen atoms in total. The number of nitrogens with one attached hydrogen (secondary N) is 1. The van der Waals surface area contributed by atoms with Gasteiger partial charge in [-0.1, -0.05) is 30.3 Å². The van der Waals surface area contributed by atoms with Gasteiger partial charge in [-0.2, -0.15) is 0 Å². The Morgan fingerprint density at radius 1 is 0.907 bits per heavy atom. The van der Waals surface area contributed by atoms with E-state index < -0.39 is 22.8 Å². The van der Waals surface area contributed by atoms with E-state index in [-0.39, 0.29) is 23.4 Å². The van der Waals surface area contributed by atoms with E-state index in [0.717, 1.165) is 50.5 Å². The van der Waals surface area contributed by atoms with Crippen molar-refractivity contribution < 1.29 is 28.7 Å². The first-order chi connectivity index (χ1) is 20.7. The molecule has 0 aromatic heterocycles. The van der Waals surface area contributed by atoms with Gasteiger partial charge in [-0.25, -0.2) is 9.59 Å². The van der Waals surface area contributed by atoms with E-state index in [1.807, 2.05) is 31.2 Å². The molecule has 1 atom stereocenters. The van der Waals surface area contributed by atoms with Crippen molar-refractivity contribution in [1.82, 2.24) is 15.1 Å². The van der Waals surface area contributed by atoms with Crippen LogP contribution in [0.15, 0.2) is 71.1 Å². The predicted molar refractivity (Wildman–Crippen MR) is 162 cm³/mol. The number of methoxy groups -OCH3 is 1. The number of nitro benzene ring substituents is 1. The van der Waals surface area contributed by atoms with E-state index in [4.69, 9.17) is 14.2 Å². The van der Waals surface area contributed by atoms with Crippen molar-refractivity contribution in [2.75, 3.05) is 59.6 Å². The van der Waals surface area contributed by atoms with Crippen LogP contribution >= 0.6 is 0 Å². The number of nitro groups is 1. The number of allylic oxidation sites excluding steroid dienone is 2. The largest absolute Gasteiger partial charge is 0.493 e. The van der Waals surface area contributed by atoms with Gasteiger partial charge in [-0.15, -0.1) is 0 Å². The number of carbonyl (C=O) groups excluding carboxylic acids is 2. The van der Waals surface area contributed by atoms with Gasteiger partial charge < -0.3 is 24.4 Å². The van der Waals surface area contributed by atoms with Crippen LogP contribution in [0.25, 0.3) is 0 Å². The Kier molecular flexibility index (Phi) is 10.9. The fraction of sp³-hybridized carbons (Fsp3) is 0.438. The SMILES string of the molecule is COC(=O)C1=C(C)NC(C)=C(C(=O)OCCN2CCN(CCCOc3ccccc3C)CC2)C1c1cccc([N+](=O)[O-])c1. The third kappa shape index (κ3) is 7.99. The molecule has 1 saturated heterocycles. The number of rotatable bonds is 12. The van der Waals surface area contributed by atoms with Crippen molar-refractivity contribution in [2.24, 2.45) is 0 Å². The lowest BCUT2D eigenvalue weighted by molar-refractivity contribution is -0.384. The van der Waals surface area contributed by atoms with Gasteiger partial charge in [-0.05, 0) is 44.4 Å². The summed E-state index contributed by atoms with van der Waals surface area (Å²) in [4.78, 5) is 41.9. The van der Waals surface area contributed by atoms with Crippen molar-refractivity contribution in [2.45, 2.75) is 33.1 Å². The summed E-state index contributed by atoms with van der Waals surface area (Å²) in [5.41, 5.74) is 2.90. The summed E-state index contributed by atoms with van der Waals surface area (Å²) in [6, 6.07) is 14.0. The summed E-state index contributed by atoms with van der Waals surface area (Å²) < 4.78 is 16.7. The molecule has 2 aromatic rings. The molecule has 0 radical (unpaired) electrons. The fourth-order valence-corrected chi connectivity index (χ4v) is 5.57. The lowest BCUT2D eigenvalue weighted by atomic mass is 9.80. The zero-order chi connectivity index (χ0) is 30.9. The van der Waals surface area contributed by atoms with Gasteiger partial charge in [-0.3, -0.25) is 15.0 Å². The summed E-state index contributed by atoms with van der Waals surface area (Å²) in [7, 11) is 1.26. The number of benzene rings is 2. The lowest BCUT2D eigenvalue weighted by Crippen LogP contribution is -2.47. The highest BCUT2D eigenvalue weighted by atomic mass is 16.6. The number of ether oxygens (including phenoxy) is 3. The maximum absolute atomic E-state index is 13.5. The average molecular weight is 593 g/mol. The monoisotopic (exact) mass is 592 g/mol. The second kappa shape index (κ2) is 14.8. The quantitative estimate of drug-likeness (QED) is 0.168. The Morgan fingerprint density at radius 3 is 2.21 bits per heavy atom. The summed E-state index contributed by atoms with van der Waals surface area (Å²) in [6.45, 7) is 11.5. The minimum atomic E-state index is -0.876. The first-order valence-electron chi connectivity index (χ1n) is 14.5. The molecule has 1 N–H and O–H groups in total. The minimum absolute atomic E-state index is 0.138. The molecule has 1 fully saturated rings. The van der Waals surface area contributed by atoms with Gasteiger partial charge in [0.25, 0.3) is 5.69 Å². The van der Waals surface area contributed by atoms with Crippen LogP contribution in [0.2, 0.25) is 0 Å². The van der Waals surface area contributed by atoms with Crippen LogP contribution in [0.5, 0.6) is 5.75 Å². The molecule has 0 aliphatic carbocycles. The van der Waals surface area contributed by atoms with Crippen molar-refractivity contribution >= 4 is 17.6 Å². The van der Waals surface area contributed by atoms with E-state index in [9.17, 15) is 19.7 Å². The van der Waals surface area contributed by atoms with Gasteiger partial charge in [0.15, 0.2) is 0 Å². The molecule has 4 rings (SSSR count). The van der Waals surface area contributed by atoms with Crippen molar-refractivity contribution in [3.05, 3.63) is 92.3 Å². The normalized spacial score (nSPS) is 17.8. The molecule has 2 heterocycles. The number of nitrogens with zero attached hydrogens (tertiary/aromatic N) is 3. The highest BCUT2D eigenvalue weighted by Crippen LogP contribution is 2.40. The highest BCUT2D eigenvalue weighted by molar-refractivity contribution is 5.99. The Bertz CT molecular complexity index is 1400. The van der Waals surface area contributed by atoms with Crippen LogP contribution < -0.4 is 10.1 Å². The Balaban J connectivity index is 1.31. The number of hydrogen-bond acceptors (Lipinski definition) is 10. The molecule has 0 bridgehead atoms. The number of dihydropyridines is 1. The van der Waals surface area contributed by atoms with E-state index >= 15 is 0 Å². The first-order valence-corrected chi connectivity index (χ1v) is 14.5. The first kappa shape index (κ1) is 31.7. The van der Waals surface area contributed by atoms with E-state index in [1.54, 1.807) is 19.9 Å². The molecule has 0 saturated carbocycles. The van der Waals surface area contributed by atoms with Crippen LogP contribution in [0, 0.1) is 17.0 Å². The highest BCUT2D eigenvalue weighted by Gasteiger charge is 2.38. The minimum Gasteiger partial charge on any atom is -0.493 e. The van der Waals surface area contributed by atoms with Gasteiger partial charge in [0.2, 0.25) is 0 Å². The standard InChI is InChI=1S/C32H40N4O7/c1-22-9-5-6-12-27(22)42-19-8-13-34-14-16-35(17-15-34)18-20-43-32(38)29-24(3)33-23(2)28(31(37)41-4)30(29)25-10-7-11-26(21-25)36(39)40/h5-7,9-12,21,30,33H,8,13-20H2,1-4H3. The summed E-state index contributed by atoms with van der Waals surface area (Å²) in [6.07, 6.45) is 0.946. The maximum Gasteiger partial charge on any atom is 0.336 e. The van der Waals surface area contributed by atoms with Crippen LogP contribution in [-0.2, 0) is 19.1 Å². The zero-order valence-electron chi connectivity index (χ0n) is 25.3. The summed E-state index contributed by atoms with van der Waals surface area (Å²) in [5, 5.41) is 14.6. The molecule has 2 aliphatic rings. The van der Waals surface area contributed by atoms with Crippen LogP contribution in [0.3, 0.4) is 0 Å². The Hall–Kier alpha value is -4.22. The number of non-ortho nitro benzene ring substituents is 1. The van der Waals surface area contributed by atoms with Gasteiger partial charge in [0.05, 0.1) is 35.7 Å². The van der Waals surface area contributed by atoms with Gasteiger partial charge >= 0.3 is 11.9 Å². The van der Waals surface area contributed by atoms with Crippen molar-refractivity contribution in [3.8, 4) is 5.75 Å². The smallest absolute Gasteiger partial charge is 0.336 e. The number of piperazine rings is 1. The number of carbonyl (C=O) groups is 2. The molecule has 1 unspecified atom stereocenters. The van der Waals surface area contributed by atoms with Gasteiger partial charge in [0, 0.05) is 62.8 Å². The molecule has 0 amide bonds. The Labute approximate surface area is 252 Å². The molecular formula is C32H40N4O7. The summed E-state index contributed by atoms with van der Waals surface area (Å²) in [5.74, 6) is -1.15. The zero-order valence-corrected chi connectivity index (χ0v) is 25.3. The van der Waals surface area contributed by atoms with Crippen LogP contribution in [0.1, 0.15) is 37.3 Å². The molecular weight excluding hydrogens is 552 g/mol. The third-order valence-corrected chi connectivity index (χ3v) is 7.88. The van der Waals surface area contributed by atoms with Crippen molar-refractivity contribution in [3.63, 3.8) is 0 Å². The second-order valence-electron chi connectivity index (χ2n) is 10.8. The number of aryl methyl sites for hydroxylation is 1. The lowest BCUT2D eigenvalue weighted by Gasteiger charge is -2.34. The molecule has 2 aliphatic heterocycles. The average Bonchev–Trinajstić information content (AvgIpc) is 3.00. The number of hydrogen-bond donors (Lipinski definition) is 1. The van der Waals surface area contributed by atoms with E-state index in [2.05, 4.69) is 15.1 Å². The molecule has 230 valence electrons. The van der Waals surface area contributed by atoms with Gasteiger partial charge in [0.1, 0.15) is 12.4 Å². The Morgan fingerprint density at radius 2 is 1.56 bits per heavy atom. The summed E-state index contributed by atoms with van der Waals surface area (Å²) >= 11 is 0. The van der Waals surface area contributed by atoms with E-state index in [1.165, 1.54) is 25.3 Å². The fourth-order valence-electron chi connectivity index (χ4n) is 5.57. The molecule has 0 spiro atoms. The molecule has 43 heavy (non-hydrogen) atoms. The molecule has 11 heteroatoms. The topological polar surface area (TPSA) is 123 Å².